The molecule has 1 aromatic heterocycles. The number of piperazine rings is 1. The van der Waals surface area contributed by atoms with Crippen LogP contribution >= 0.6 is 12.4 Å². The summed E-state index contributed by atoms with van der Waals surface area (Å²) in [5.74, 6) is 0.0603. The number of ether oxygens (including phenoxy) is 2. The summed E-state index contributed by atoms with van der Waals surface area (Å²) >= 11 is 0. The van der Waals surface area contributed by atoms with Crippen LogP contribution in [-0.4, -0.2) is 122 Å². The maximum atomic E-state index is 14.3. The Morgan fingerprint density at radius 3 is 2.23 bits per heavy atom. The molecule has 13 heteroatoms. The number of fused-ring (bicyclic) bond motifs is 1. The van der Waals surface area contributed by atoms with Gasteiger partial charge in [-0.2, -0.15) is 0 Å². The molecule has 2 aliphatic heterocycles. The molecule has 0 bridgehead atoms. The van der Waals surface area contributed by atoms with Gasteiger partial charge in [-0.05, 0) is 57.7 Å². The van der Waals surface area contributed by atoms with Crippen LogP contribution in [0.5, 0.6) is 5.75 Å². The van der Waals surface area contributed by atoms with Gasteiger partial charge in [0.25, 0.3) is 11.8 Å². The van der Waals surface area contributed by atoms with Crippen LogP contribution in [0.15, 0.2) is 18.2 Å². The fraction of sp³-hybridized carbons (Fsp3) is 0.647. The van der Waals surface area contributed by atoms with Gasteiger partial charge in [0, 0.05) is 58.3 Å². The van der Waals surface area contributed by atoms with Gasteiger partial charge in [-0.1, -0.05) is 19.3 Å². The van der Waals surface area contributed by atoms with Crippen molar-refractivity contribution in [2.75, 3.05) is 60.6 Å². The summed E-state index contributed by atoms with van der Waals surface area (Å²) in [6.07, 6.45) is 6.81. The molecule has 3 heterocycles. The molecule has 2 unspecified atom stereocenters. The number of methoxy groups -OCH3 is 2. The van der Waals surface area contributed by atoms with Crippen molar-refractivity contribution in [3.05, 3.63) is 29.5 Å². The molecular weight excluding hydrogens is 624 g/mol. The van der Waals surface area contributed by atoms with Gasteiger partial charge in [0.2, 0.25) is 11.8 Å². The van der Waals surface area contributed by atoms with Crippen LogP contribution in [0.2, 0.25) is 0 Å². The second kappa shape index (κ2) is 16.2. The van der Waals surface area contributed by atoms with E-state index in [0.717, 1.165) is 50.5 Å². The summed E-state index contributed by atoms with van der Waals surface area (Å²) in [4.78, 5) is 60.6. The summed E-state index contributed by atoms with van der Waals surface area (Å²) in [5, 5.41) is 6.71. The minimum absolute atomic E-state index is 0. The molecule has 1 aliphatic carbocycles. The van der Waals surface area contributed by atoms with Gasteiger partial charge in [-0.15, -0.1) is 12.4 Å². The number of benzene rings is 1. The highest BCUT2D eigenvalue weighted by molar-refractivity contribution is 6.16. The molecule has 3 atom stereocenters. The molecule has 47 heavy (non-hydrogen) atoms. The van der Waals surface area contributed by atoms with E-state index in [1.807, 2.05) is 30.1 Å². The van der Waals surface area contributed by atoms with Crippen LogP contribution in [0.25, 0.3) is 10.9 Å². The summed E-state index contributed by atoms with van der Waals surface area (Å²) < 4.78 is 12.7. The monoisotopic (exact) mass is 674 g/mol. The third-order valence-electron chi connectivity index (χ3n) is 10.2. The maximum Gasteiger partial charge on any atom is 0.271 e. The van der Waals surface area contributed by atoms with Gasteiger partial charge in [0.05, 0.1) is 36.9 Å². The Balaban J connectivity index is 0.00000500. The molecule has 1 saturated carbocycles. The normalized spacial score (nSPS) is 20.1. The zero-order valence-electron chi connectivity index (χ0n) is 28.4. The first-order chi connectivity index (χ1) is 22.2. The molecule has 2 N–H and O–H groups in total. The Labute approximate surface area is 283 Å². The molecule has 0 radical (unpaired) electrons. The Bertz CT molecular complexity index is 1430. The summed E-state index contributed by atoms with van der Waals surface area (Å²) in [6.45, 7) is 4.21. The Morgan fingerprint density at radius 2 is 1.60 bits per heavy atom. The van der Waals surface area contributed by atoms with Gasteiger partial charge in [-0.25, -0.2) is 0 Å². The minimum Gasteiger partial charge on any atom is -0.497 e. The van der Waals surface area contributed by atoms with E-state index in [2.05, 4.69) is 10.6 Å². The SMILES string of the molecule is CNC(C)C(=O)N[C@H](C(=O)N1CCN(C(=O)c2c(C(=O)N3CCCC3COC)c3ccc(OC)cc3n2C)CC1)C1CCCCC1.Cl. The topological polar surface area (TPSA) is 125 Å². The summed E-state index contributed by atoms with van der Waals surface area (Å²) in [7, 11) is 6.77. The highest BCUT2D eigenvalue weighted by Crippen LogP contribution is 2.33. The van der Waals surface area contributed by atoms with Crippen molar-refractivity contribution in [2.45, 2.75) is 70.0 Å². The van der Waals surface area contributed by atoms with Crippen molar-refractivity contribution >= 4 is 46.9 Å². The molecule has 3 fully saturated rings. The van der Waals surface area contributed by atoms with Crippen molar-refractivity contribution in [2.24, 2.45) is 13.0 Å². The van der Waals surface area contributed by atoms with Gasteiger partial charge >= 0.3 is 0 Å². The number of likely N-dealkylation sites (tertiary alicyclic amines) is 1. The molecule has 2 aromatic rings. The number of nitrogens with zero attached hydrogens (tertiary/aromatic N) is 4. The van der Waals surface area contributed by atoms with Crippen molar-refractivity contribution < 1.29 is 28.7 Å². The van der Waals surface area contributed by atoms with E-state index >= 15 is 0 Å². The quantitative estimate of drug-likeness (QED) is 0.397. The number of rotatable bonds is 10. The third-order valence-corrected chi connectivity index (χ3v) is 10.2. The molecule has 5 rings (SSSR count). The minimum atomic E-state index is -0.580. The first-order valence-corrected chi connectivity index (χ1v) is 16.7. The van der Waals surface area contributed by atoms with E-state index in [9.17, 15) is 19.2 Å². The number of hydrogen-bond donors (Lipinski definition) is 2. The highest BCUT2D eigenvalue weighted by atomic mass is 35.5. The fourth-order valence-corrected chi connectivity index (χ4v) is 7.36. The van der Waals surface area contributed by atoms with Gasteiger partial charge < -0.3 is 39.4 Å². The van der Waals surface area contributed by atoms with Crippen LogP contribution < -0.4 is 15.4 Å². The van der Waals surface area contributed by atoms with Crippen LogP contribution in [-0.2, 0) is 21.4 Å². The lowest BCUT2D eigenvalue weighted by Crippen LogP contribution is -2.59. The van der Waals surface area contributed by atoms with E-state index in [-0.39, 0.29) is 48.0 Å². The van der Waals surface area contributed by atoms with E-state index in [4.69, 9.17) is 9.47 Å². The molecule has 0 spiro atoms. The lowest BCUT2D eigenvalue weighted by atomic mass is 9.83. The zero-order chi connectivity index (χ0) is 33.0. The zero-order valence-corrected chi connectivity index (χ0v) is 29.2. The average molecular weight is 675 g/mol. The second-order valence-corrected chi connectivity index (χ2v) is 12.9. The molecular formula is C34H51ClN6O6. The molecule has 4 amide bonds. The number of aryl methyl sites for hydroxylation is 1. The van der Waals surface area contributed by atoms with E-state index in [0.29, 0.717) is 61.7 Å². The van der Waals surface area contributed by atoms with Gasteiger partial charge in [0.1, 0.15) is 17.5 Å². The van der Waals surface area contributed by atoms with Crippen molar-refractivity contribution in [3.8, 4) is 5.75 Å². The van der Waals surface area contributed by atoms with Crippen molar-refractivity contribution in [3.63, 3.8) is 0 Å². The predicted octanol–water partition coefficient (Wildman–Crippen LogP) is 2.82. The molecule has 260 valence electrons. The van der Waals surface area contributed by atoms with Gasteiger partial charge in [0.15, 0.2) is 0 Å². The number of carbonyl (C=O) groups is 4. The first-order valence-electron chi connectivity index (χ1n) is 16.7. The third kappa shape index (κ3) is 7.54. The molecule has 1 aromatic carbocycles. The van der Waals surface area contributed by atoms with E-state index in [1.54, 1.807) is 42.6 Å². The van der Waals surface area contributed by atoms with Crippen molar-refractivity contribution in [1.29, 1.82) is 0 Å². The number of halogens is 1. The van der Waals surface area contributed by atoms with Crippen LogP contribution in [0, 0.1) is 5.92 Å². The summed E-state index contributed by atoms with van der Waals surface area (Å²) in [6, 6.07) is 4.49. The second-order valence-electron chi connectivity index (χ2n) is 12.9. The number of hydrogen-bond acceptors (Lipinski definition) is 7. The average Bonchev–Trinajstić information content (AvgIpc) is 3.68. The Hall–Kier alpha value is -3.35. The van der Waals surface area contributed by atoms with Gasteiger partial charge in [-0.3, -0.25) is 19.2 Å². The lowest BCUT2D eigenvalue weighted by Gasteiger charge is -2.39. The highest BCUT2D eigenvalue weighted by Gasteiger charge is 2.39. The van der Waals surface area contributed by atoms with Crippen LogP contribution in [0.4, 0.5) is 0 Å². The van der Waals surface area contributed by atoms with Crippen molar-refractivity contribution in [1.82, 2.24) is 29.9 Å². The molecule has 2 saturated heterocycles. The fourth-order valence-electron chi connectivity index (χ4n) is 7.36. The number of carbonyl (C=O) groups excluding carboxylic acids is 4. The number of amides is 4. The standard InChI is InChI=1S/C34H50N6O6.ClH/c1-22(35-2)31(41)36-29(23-10-7-6-8-11-23)33(43)38-16-18-39(19-17-38)34(44)30-28(32(42)40-15-9-12-24(40)21-45-4)26-14-13-25(46-5)20-27(26)37(30)3;/h13-14,20,22-24,29,35H,6-12,15-19,21H2,1-5H3,(H,36,41);1H/t22?,24?,29-;/m0./s1. The van der Waals surface area contributed by atoms with E-state index in [1.165, 1.54) is 0 Å². The maximum absolute atomic E-state index is 14.3. The summed E-state index contributed by atoms with van der Waals surface area (Å²) in [5.41, 5.74) is 1.47. The Kier molecular flexibility index (Phi) is 12.5. The van der Waals surface area contributed by atoms with E-state index < -0.39 is 12.1 Å². The van der Waals surface area contributed by atoms with Crippen LogP contribution in [0.1, 0.15) is 72.7 Å². The number of likely N-dealkylation sites (N-methyl/N-ethyl adjacent to an activating group) is 1. The smallest absolute Gasteiger partial charge is 0.271 e. The largest absolute Gasteiger partial charge is 0.497 e. The Morgan fingerprint density at radius 1 is 0.915 bits per heavy atom. The van der Waals surface area contributed by atoms with Crippen LogP contribution in [0.3, 0.4) is 0 Å². The first kappa shape index (κ1) is 36.5. The predicted molar refractivity (Wildman–Crippen MR) is 182 cm³/mol. The number of aromatic nitrogens is 1. The number of nitrogens with one attached hydrogen (secondary N) is 2. The molecule has 3 aliphatic rings. The molecule has 12 nitrogen and oxygen atoms in total. The lowest BCUT2D eigenvalue weighted by molar-refractivity contribution is -0.140.